The van der Waals surface area contributed by atoms with Gasteiger partial charge in [0.05, 0.1) is 11.9 Å². The summed E-state index contributed by atoms with van der Waals surface area (Å²) >= 11 is 0. The van der Waals surface area contributed by atoms with Crippen LogP contribution in [0.4, 0.5) is 4.39 Å². The highest BCUT2D eigenvalue weighted by Crippen LogP contribution is 2.22. The first-order valence-electron chi connectivity index (χ1n) is 9.28. The van der Waals surface area contributed by atoms with Crippen LogP contribution in [-0.4, -0.2) is 48.2 Å². The molecule has 146 valence electrons. The number of halogens is 1. The van der Waals surface area contributed by atoms with Crippen LogP contribution in [0.15, 0.2) is 59.5 Å². The second-order valence-electron chi connectivity index (χ2n) is 7.64. The number of hydrogen-bond donors (Lipinski definition) is 3. The summed E-state index contributed by atoms with van der Waals surface area (Å²) < 4.78 is 42.1. The molecule has 1 aliphatic rings. The van der Waals surface area contributed by atoms with Gasteiger partial charge >= 0.3 is 0 Å². The van der Waals surface area contributed by atoms with E-state index in [0.717, 1.165) is 31.7 Å². The van der Waals surface area contributed by atoms with E-state index in [1.807, 2.05) is 37.3 Å². The van der Waals surface area contributed by atoms with Crippen LogP contribution in [0.3, 0.4) is 0 Å². The lowest BCUT2D eigenvalue weighted by molar-refractivity contribution is -1.01. The lowest BCUT2D eigenvalue weighted by Gasteiger charge is -2.36. The molecule has 1 saturated heterocycles. The number of hydrogen-bond acceptors (Lipinski definition) is 2. The Morgan fingerprint density at radius 3 is 2.19 bits per heavy atom. The third-order valence-corrected chi connectivity index (χ3v) is 6.92. The van der Waals surface area contributed by atoms with Crippen molar-refractivity contribution in [2.75, 3.05) is 39.8 Å². The van der Waals surface area contributed by atoms with Crippen LogP contribution in [0.1, 0.15) is 12.5 Å². The molecule has 1 fully saturated rings. The summed E-state index contributed by atoms with van der Waals surface area (Å²) in [4.78, 5) is 2.96. The molecule has 0 aliphatic carbocycles. The van der Waals surface area contributed by atoms with Crippen molar-refractivity contribution in [1.29, 1.82) is 0 Å². The summed E-state index contributed by atoms with van der Waals surface area (Å²) in [6.45, 7) is 6.75. The first-order chi connectivity index (χ1) is 12.8. The van der Waals surface area contributed by atoms with Crippen LogP contribution < -0.4 is 14.5 Å². The van der Waals surface area contributed by atoms with E-state index in [1.54, 1.807) is 0 Å². The van der Waals surface area contributed by atoms with E-state index in [9.17, 15) is 12.8 Å². The molecule has 1 atom stereocenters. The molecule has 0 aromatic heterocycles. The van der Waals surface area contributed by atoms with Gasteiger partial charge < -0.3 is 9.80 Å². The molecule has 7 heteroatoms. The zero-order valence-corrected chi connectivity index (χ0v) is 16.7. The summed E-state index contributed by atoms with van der Waals surface area (Å²) in [5, 5.41) is 0. The molecule has 1 aliphatic heterocycles. The van der Waals surface area contributed by atoms with E-state index in [-0.39, 0.29) is 4.90 Å². The van der Waals surface area contributed by atoms with E-state index >= 15 is 0 Å². The van der Waals surface area contributed by atoms with Crippen LogP contribution in [0.25, 0.3) is 0 Å². The minimum Gasteiger partial charge on any atom is -0.328 e. The number of piperazine rings is 1. The average molecular weight is 394 g/mol. The monoisotopic (exact) mass is 393 g/mol. The molecule has 0 radical (unpaired) electrons. The SMILES string of the molecule is C[NH+]1CC[NH+](C[C@@](C)(NS(=O)(=O)c2ccc(F)cc2)c2ccccc2)CC1. The van der Waals surface area contributed by atoms with Gasteiger partial charge in [-0.3, -0.25) is 0 Å². The van der Waals surface area contributed by atoms with E-state index in [2.05, 4.69) is 11.8 Å². The van der Waals surface area contributed by atoms with Gasteiger partial charge in [-0.15, -0.1) is 0 Å². The normalized spacial score (nSPS) is 22.9. The quantitative estimate of drug-likeness (QED) is 0.616. The predicted molar refractivity (Wildman–Crippen MR) is 103 cm³/mol. The van der Waals surface area contributed by atoms with Crippen LogP contribution in [0.2, 0.25) is 0 Å². The molecule has 0 saturated carbocycles. The topological polar surface area (TPSA) is 55.1 Å². The Hall–Kier alpha value is -1.80. The van der Waals surface area contributed by atoms with Crippen LogP contribution in [-0.2, 0) is 15.6 Å². The molecule has 3 N–H and O–H groups in total. The average Bonchev–Trinajstić information content (AvgIpc) is 2.64. The third kappa shape index (κ3) is 4.93. The minimum atomic E-state index is -3.78. The number of likely N-dealkylation sites (N-methyl/N-ethyl adjacent to an activating group) is 1. The summed E-state index contributed by atoms with van der Waals surface area (Å²) in [5.74, 6) is -0.454. The Bertz CT molecular complexity index is 851. The Labute approximate surface area is 160 Å². The smallest absolute Gasteiger partial charge is 0.241 e. The third-order valence-electron chi connectivity index (χ3n) is 5.31. The van der Waals surface area contributed by atoms with Crippen LogP contribution in [0, 0.1) is 5.82 Å². The molecular weight excluding hydrogens is 365 g/mol. The van der Waals surface area contributed by atoms with Crippen LogP contribution in [0.5, 0.6) is 0 Å². The molecule has 2 aromatic rings. The summed E-state index contributed by atoms with van der Waals surface area (Å²) in [5.41, 5.74) is 0.171. The van der Waals surface area contributed by atoms with Gasteiger partial charge in [0.1, 0.15) is 44.1 Å². The van der Waals surface area contributed by atoms with E-state index in [0.29, 0.717) is 6.54 Å². The molecular formula is C20H28FN3O2S+2. The molecule has 5 nitrogen and oxygen atoms in total. The van der Waals surface area contributed by atoms with Crippen molar-refractivity contribution >= 4 is 10.0 Å². The first kappa shape index (κ1) is 19.9. The molecule has 0 spiro atoms. The second kappa shape index (κ2) is 8.06. The fourth-order valence-corrected chi connectivity index (χ4v) is 5.07. The summed E-state index contributed by atoms with van der Waals surface area (Å²) in [6, 6.07) is 14.6. The number of sulfonamides is 1. The standard InChI is InChI=1S/C20H26FN3O2S/c1-20(17-6-4-3-5-7-17,16-24-14-12-23(2)13-15-24)22-27(25,26)19-10-8-18(21)9-11-19/h3-11,22H,12-16H2,1-2H3/p+2/t20-/m1/s1. The zero-order chi connectivity index (χ0) is 19.5. The molecule has 3 rings (SSSR count). The van der Waals surface area contributed by atoms with Crippen LogP contribution >= 0.6 is 0 Å². The van der Waals surface area contributed by atoms with Gasteiger partial charge in [0.15, 0.2) is 0 Å². The van der Waals surface area contributed by atoms with Gasteiger partial charge in [-0.05, 0) is 36.8 Å². The highest BCUT2D eigenvalue weighted by Gasteiger charge is 2.37. The molecule has 0 bridgehead atoms. The Morgan fingerprint density at radius 1 is 1.00 bits per heavy atom. The maximum atomic E-state index is 13.2. The van der Waals surface area contributed by atoms with Crippen molar-refractivity contribution in [3.8, 4) is 0 Å². The number of nitrogens with one attached hydrogen (secondary N) is 3. The Morgan fingerprint density at radius 2 is 1.59 bits per heavy atom. The maximum Gasteiger partial charge on any atom is 0.241 e. The van der Waals surface area contributed by atoms with Gasteiger partial charge in [0.25, 0.3) is 0 Å². The fraction of sp³-hybridized carbons (Fsp3) is 0.400. The van der Waals surface area contributed by atoms with Crippen molar-refractivity contribution in [2.24, 2.45) is 0 Å². The molecule has 27 heavy (non-hydrogen) atoms. The van der Waals surface area contributed by atoms with E-state index in [4.69, 9.17) is 0 Å². The summed E-state index contributed by atoms with van der Waals surface area (Å²) in [6.07, 6.45) is 0. The van der Waals surface area contributed by atoms with Gasteiger partial charge in [0, 0.05) is 0 Å². The second-order valence-corrected chi connectivity index (χ2v) is 9.32. The lowest BCUT2D eigenvalue weighted by atomic mass is 9.92. The minimum absolute atomic E-state index is 0.0730. The van der Waals surface area contributed by atoms with Gasteiger partial charge in [0.2, 0.25) is 10.0 Å². The Balaban J connectivity index is 1.89. The molecule has 1 heterocycles. The predicted octanol–water partition coefficient (Wildman–Crippen LogP) is -0.567. The highest BCUT2D eigenvalue weighted by atomic mass is 32.2. The highest BCUT2D eigenvalue weighted by molar-refractivity contribution is 7.89. The van der Waals surface area contributed by atoms with Gasteiger partial charge in [-0.25, -0.2) is 12.8 Å². The number of rotatable bonds is 6. The van der Waals surface area contributed by atoms with Gasteiger partial charge in [-0.1, -0.05) is 30.3 Å². The Kier molecular flexibility index (Phi) is 5.95. The number of benzene rings is 2. The summed E-state index contributed by atoms with van der Waals surface area (Å²) in [7, 11) is -1.59. The van der Waals surface area contributed by atoms with Crippen molar-refractivity contribution in [2.45, 2.75) is 17.4 Å². The van der Waals surface area contributed by atoms with Gasteiger partial charge in [-0.2, -0.15) is 4.72 Å². The number of quaternary nitrogens is 2. The van der Waals surface area contributed by atoms with E-state index < -0.39 is 21.4 Å². The molecule has 2 aromatic carbocycles. The first-order valence-corrected chi connectivity index (χ1v) is 10.8. The zero-order valence-electron chi connectivity index (χ0n) is 15.8. The van der Waals surface area contributed by atoms with E-state index in [1.165, 1.54) is 34.1 Å². The van der Waals surface area contributed by atoms with Crippen molar-refractivity contribution in [1.82, 2.24) is 4.72 Å². The van der Waals surface area contributed by atoms with Crippen molar-refractivity contribution in [3.63, 3.8) is 0 Å². The largest absolute Gasteiger partial charge is 0.328 e. The fourth-order valence-electron chi connectivity index (χ4n) is 3.68. The molecule has 0 unspecified atom stereocenters. The lowest BCUT2D eigenvalue weighted by Crippen LogP contribution is -3.27. The molecule has 0 amide bonds. The van der Waals surface area contributed by atoms with Crippen molar-refractivity contribution in [3.05, 3.63) is 66.0 Å². The van der Waals surface area contributed by atoms with Crippen molar-refractivity contribution < 1.29 is 22.6 Å². The maximum absolute atomic E-state index is 13.2.